The largest absolute Gasteiger partial charge is 0.497 e. The number of thiophene rings is 1. The van der Waals surface area contributed by atoms with Gasteiger partial charge in [0.25, 0.3) is 12.0 Å². The number of amides is 1. The van der Waals surface area contributed by atoms with E-state index in [2.05, 4.69) is 14.7 Å². The molecule has 0 fully saturated rings. The second-order valence-electron chi connectivity index (χ2n) is 5.62. The van der Waals surface area contributed by atoms with Crippen molar-refractivity contribution in [2.75, 3.05) is 12.4 Å². The maximum absolute atomic E-state index is 12.5. The minimum absolute atomic E-state index is 0.0485. The van der Waals surface area contributed by atoms with Crippen molar-refractivity contribution in [3.63, 3.8) is 0 Å². The third-order valence-electron chi connectivity index (χ3n) is 3.65. The predicted octanol–water partition coefficient (Wildman–Crippen LogP) is 5.24. The Hall–Kier alpha value is -2.65. The van der Waals surface area contributed by atoms with Crippen LogP contribution in [0, 0.1) is 0 Å². The van der Waals surface area contributed by atoms with Crippen molar-refractivity contribution < 1.29 is 18.3 Å². The number of benzene rings is 1. The van der Waals surface area contributed by atoms with Gasteiger partial charge in [0.15, 0.2) is 0 Å². The summed E-state index contributed by atoms with van der Waals surface area (Å²) in [5.74, 6) is 0.664. The van der Waals surface area contributed by atoms with E-state index in [4.69, 9.17) is 4.74 Å². The van der Waals surface area contributed by atoms with E-state index in [0.29, 0.717) is 5.56 Å². The van der Waals surface area contributed by atoms with Crippen LogP contribution in [0.3, 0.4) is 0 Å². The summed E-state index contributed by atoms with van der Waals surface area (Å²) in [7, 11) is 1.60. The molecular weight excluding hydrogens is 392 g/mol. The Morgan fingerprint density at radius 2 is 2.11 bits per heavy atom. The van der Waals surface area contributed by atoms with Gasteiger partial charge < -0.3 is 4.74 Å². The van der Waals surface area contributed by atoms with Crippen molar-refractivity contribution >= 4 is 33.9 Å². The number of anilines is 1. The smallest absolute Gasteiger partial charge is 0.269 e. The molecule has 1 N–H and O–H groups in total. The SMILES string of the molecule is COc1cccc(-c2cc(C(=O)Nc3nc(CC(C)=C(F)F)ns3)cs2)c1. The summed E-state index contributed by atoms with van der Waals surface area (Å²) in [5.41, 5.74) is 1.35. The first-order valence-electron chi connectivity index (χ1n) is 7.84. The number of aromatic nitrogens is 2. The summed E-state index contributed by atoms with van der Waals surface area (Å²) < 4.78 is 34.2. The highest BCUT2D eigenvalue weighted by molar-refractivity contribution is 7.14. The van der Waals surface area contributed by atoms with Gasteiger partial charge in [-0.3, -0.25) is 10.1 Å². The molecule has 0 saturated carbocycles. The molecular formula is C18H15F2N3O2S2. The highest BCUT2D eigenvalue weighted by Crippen LogP contribution is 2.30. The minimum Gasteiger partial charge on any atom is -0.497 e. The first-order valence-corrected chi connectivity index (χ1v) is 9.49. The van der Waals surface area contributed by atoms with Gasteiger partial charge in [-0.1, -0.05) is 12.1 Å². The third-order valence-corrected chi connectivity index (χ3v) is 5.30. The van der Waals surface area contributed by atoms with Crippen molar-refractivity contribution in [1.82, 2.24) is 9.36 Å². The van der Waals surface area contributed by atoms with E-state index < -0.39 is 6.08 Å². The number of ether oxygens (including phenoxy) is 1. The molecule has 2 aromatic heterocycles. The lowest BCUT2D eigenvalue weighted by molar-refractivity contribution is 0.102. The number of allylic oxidation sites excluding steroid dienone is 1. The van der Waals surface area contributed by atoms with Gasteiger partial charge in [0.2, 0.25) is 5.13 Å². The minimum atomic E-state index is -1.74. The molecule has 2 heterocycles. The predicted molar refractivity (Wildman–Crippen MR) is 103 cm³/mol. The zero-order chi connectivity index (χ0) is 19.4. The Morgan fingerprint density at radius 1 is 1.30 bits per heavy atom. The third kappa shape index (κ3) is 4.75. The van der Waals surface area contributed by atoms with Gasteiger partial charge in [-0.05, 0) is 36.3 Å². The lowest BCUT2D eigenvalue weighted by atomic mass is 10.1. The van der Waals surface area contributed by atoms with Crippen LogP contribution in [0.2, 0.25) is 0 Å². The molecule has 3 rings (SSSR count). The Bertz CT molecular complexity index is 994. The molecule has 5 nitrogen and oxygen atoms in total. The summed E-state index contributed by atoms with van der Waals surface area (Å²) in [6.07, 6.45) is -1.79. The molecule has 0 spiro atoms. The molecule has 3 aromatic rings. The maximum atomic E-state index is 12.5. The van der Waals surface area contributed by atoms with Crippen LogP contribution in [0.1, 0.15) is 23.1 Å². The summed E-state index contributed by atoms with van der Waals surface area (Å²) in [6.45, 7) is 1.32. The van der Waals surface area contributed by atoms with E-state index in [-0.39, 0.29) is 28.9 Å². The number of nitrogens with zero attached hydrogens (tertiary/aromatic N) is 2. The average molecular weight is 407 g/mol. The van der Waals surface area contributed by atoms with Crippen LogP contribution in [-0.2, 0) is 6.42 Å². The fourth-order valence-electron chi connectivity index (χ4n) is 2.23. The molecule has 0 saturated heterocycles. The van der Waals surface area contributed by atoms with Gasteiger partial charge in [-0.15, -0.1) is 11.3 Å². The summed E-state index contributed by atoms with van der Waals surface area (Å²) in [6, 6.07) is 9.34. The van der Waals surface area contributed by atoms with Crippen molar-refractivity contribution in [2.45, 2.75) is 13.3 Å². The quantitative estimate of drug-likeness (QED) is 0.607. The number of carbonyl (C=O) groups excluding carboxylic acids is 1. The molecule has 0 atom stereocenters. The molecule has 9 heteroatoms. The summed E-state index contributed by atoms with van der Waals surface area (Å²) in [5, 5.41) is 4.67. The van der Waals surface area contributed by atoms with E-state index in [0.717, 1.165) is 27.7 Å². The van der Waals surface area contributed by atoms with Gasteiger partial charge in [0, 0.05) is 28.2 Å². The van der Waals surface area contributed by atoms with Crippen LogP contribution in [-0.4, -0.2) is 22.4 Å². The number of hydrogen-bond acceptors (Lipinski definition) is 6. The Morgan fingerprint density at radius 3 is 2.85 bits per heavy atom. The lowest BCUT2D eigenvalue weighted by Gasteiger charge is -2.02. The molecule has 0 aliphatic rings. The van der Waals surface area contributed by atoms with E-state index in [9.17, 15) is 13.6 Å². The van der Waals surface area contributed by atoms with E-state index in [1.807, 2.05) is 24.3 Å². The molecule has 140 valence electrons. The second-order valence-corrected chi connectivity index (χ2v) is 7.28. The Labute approximate surface area is 162 Å². The Kier molecular flexibility index (Phi) is 5.92. The maximum Gasteiger partial charge on any atom is 0.269 e. The van der Waals surface area contributed by atoms with Gasteiger partial charge in [0.1, 0.15) is 11.6 Å². The molecule has 0 unspecified atom stereocenters. The number of nitrogens with one attached hydrogen (secondary N) is 1. The summed E-state index contributed by atoms with van der Waals surface area (Å²) in [4.78, 5) is 17.4. The normalized spacial score (nSPS) is 10.5. The fraction of sp³-hybridized carbons (Fsp3) is 0.167. The van der Waals surface area contributed by atoms with E-state index >= 15 is 0 Å². The van der Waals surface area contributed by atoms with Gasteiger partial charge in [0.05, 0.1) is 12.7 Å². The van der Waals surface area contributed by atoms with Crippen LogP contribution in [0.25, 0.3) is 10.4 Å². The van der Waals surface area contributed by atoms with Crippen LogP contribution in [0.4, 0.5) is 13.9 Å². The number of halogens is 2. The van der Waals surface area contributed by atoms with Gasteiger partial charge >= 0.3 is 0 Å². The molecule has 1 aromatic carbocycles. The van der Waals surface area contributed by atoms with Crippen LogP contribution in [0.15, 0.2) is 47.4 Å². The lowest BCUT2D eigenvalue weighted by Crippen LogP contribution is -2.10. The second kappa shape index (κ2) is 8.36. The molecule has 0 aliphatic heterocycles. The Balaban J connectivity index is 1.70. The van der Waals surface area contributed by atoms with Crippen molar-refractivity contribution in [3.8, 4) is 16.2 Å². The van der Waals surface area contributed by atoms with E-state index in [1.165, 1.54) is 18.3 Å². The molecule has 0 bridgehead atoms. The molecule has 1 amide bonds. The van der Waals surface area contributed by atoms with Crippen LogP contribution < -0.4 is 10.1 Å². The zero-order valence-corrected chi connectivity index (χ0v) is 16.1. The van der Waals surface area contributed by atoms with Gasteiger partial charge in [-0.2, -0.15) is 13.2 Å². The number of carbonyl (C=O) groups is 1. The highest BCUT2D eigenvalue weighted by atomic mass is 32.1. The highest BCUT2D eigenvalue weighted by Gasteiger charge is 2.14. The fourth-order valence-corrected chi connectivity index (χ4v) is 3.70. The zero-order valence-electron chi connectivity index (χ0n) is 14.5. The van der Waals surface area contributed by atoms with Crippen molar-refractivity contribution in [3.05, 3.63) is 58.8 Å². The monoisotopic (exact) mass is 407 g/mol. The average Bonchev–Trinajstić information content (AvgIpc) is 3.31. The van der Waals surface area contributed by atoms with Crippen molar-refractivity contribution in [1.29, 1.82) is 0 Å². The topological polar surface area (TPSA) is 64.1 Å². The van der Waals surface area contributed by atoms with Gasteiger partial charge in [-0.25, -0.2) is 4.98 Å². The first-order chi connectivity index (χ1) is 13.0. The molecule has 27 heavy (non-hydrogen) atoms. The summed E-state index contributed by atoms with van der Waals surface area (Å²) >= 11 is 2.40. The number of methoxy groups -OCH3 is 1. The van der Waals surface area contributed by atoms with Crippen LogP contribution >= 0.6 is 22.9 Å². The first kappa shape index (κ1) is 19.1. The molecule has 0 aliphatic carbocycles. The standard InChI is InChI=1S/C18H15F2N3O2S2/c1-10(16(19)20)6-15-21-18(27-23-15)22-17(24)12-8-14(26-9-12)11-4-3-5-13(7-11)25-2/h3-5,7-9H,6H2,1-2H3,(H,21,22,23,24). The number of hydrogen-bond donors (Lipinski definition) is 1. The van der Waals surface area contributed by atoms with Crippen molar-refractivity contribution in [2.24, 2.45) is 0 Å². The van der Waals surface area contributed by atoms with Crippen LogP contribution in [0.5, 0.6) is 5.75 Å². The number of rotatable bonds is 6. The molecule has 0 radical (unpaired) electrons. The van der Waals surface area contributed by atoms with E-state index in [1.54, 1.807) is 18.6 Å².